The normalized spacial score (nSPS) is 30.9. The largest absolute Gasteiger partial charge is 0.388 e. The molecule has 1 heterocycles. The molecule has 90 valence electrons. The minimum Gasteiger partial charge on any atom is -0.388 e. The van der Waals surface area contributed by atoms with E-state index < -0.39 is 12.2 Å². The van der Waals surface area contributed by atoms with Gasteiger partial charge in [-0.2, -0.15) is 0 Å². The number of likely N-dealkylation sites (tertiary alicyclic amines) is 1. The molecule has 4 nitrogen and oxygen atoms in total. The zero-order chi connectivity index (χ0) is 12.0. The Bertz CT molecular complexity index is 450. The zero-order valence-corrected chi connectivity index (χ0v) is 9.41. The van der Waals surface area contributed by atoms with Crippen molar-refractivity contribution >= 4 is 5.91 Å². The first-order valence-corrected chi connectivity index (χ1v) is 5.89. The number of hydrogen-bond acceptors (Lipinski definition) is 3. The van der Waals surface area contributed by atoms with Crippen molar-refractivity contribution in [1.82, 2.24) is 4.90 Å². The minimum atomic E-state index is -0.797. The van der Waals surface area contributed by atoms with Crippen molar-refractivity contribution in [3.63, 3.8) is 0 Å². The number of rotatable bonds is 1. The van der Waals surface area contributed by atoms with Crippen LogP contribution in [0.5, 0.6) is 0 Å². The third-order valence-electron chi connectivity index (χ3n) is 3.72. The summed E-state index contributed by atoms with van der Waals surface area (Å²) in [5.41, 5.74) is 2.32. The molecule has 1 aromatic rings. The highest BCUT2D eigenvalue weighted by Gasteiger charge is 2.39. The fourth-order valence-electron chi connectivity index (χ4n) is 2.65. The molecule has 17 heavy (non-hydrogen) atoms. The lowest BCUT2D eigenvalue weighted by molar-refractivity contribution is -0.132. The molecule has 0 aromatic heterocycles. The first-order valence-electron chi connectivity index (χ1n) is 5.89. The van der Waals surface area contributed by atoms with Crippen LogP contribution in [-0.2, 0) is 11.2 Å². The maximum absolute atomic E-state index is 12.2. The predicted molar refractivity (Wildman–Crippen MR) is 61.5 cm³/mol. The fourth-order valence-corrected chi connectivity index (χ4v) is 2.65. The highest BCUT2D eigenvalue weighted by molar-refractivity contribution is 5.87. The first kappa shape index (κ1) is 10.7. The summed E-state index contributed by atoms with van der Waals surface area (Å²) < 4.78 is 0. The molecule has 0 saturated carbocycles. The number of benzene rings is 1. The smallest absolute Gasteiger partial charge is 0.230 e. The van der Waals surface area contributed by atoms with E-state index in [-0.39, 0.29) is 24.9 Å². The molecule has 1 aliphatic heterocycles. The van der Waals surface area contributed by atoms with Crippen LogP contribution in [0.2, 0.25) is 0 Å². The molecule has 1 amide bonds. The van der Waals surface area contributed by atoms with Gasteiger partial charge < -0.3 is 15.1 Å². The molecule has 1 aliphatic carbocycles. The fraction of sp³-hybridized carbons (Fsp3) is 0.462. The van der Waals surface area contributed by atoms with Gasteiger partial charge in [-0.15, -0.1) is 0 Å². The van der Waals surface area contributed by atoms with Gasteiger partial charge in [-0.25, -0.2) is 0 Å². The van der Waals surface area contributed by atoms with Gasteiger partial charge in [-0.1, -0.05) is 24.3 Å². The van der Waals surface area contributed by atoms with E-state index in [4.69, 9.17) is 0 Å². The molecule has 0 spiro atoms. The molecule has 4 heteroatoms. The third kappa shape index (κ3) is 1.64. The van der Waals surface area contributed by atoms with Crippen LogP contribution in [0.4, 0.5) is 0 Å². The van der Waals surface area contributed by atoms with Gasteiger partial charge in [0.1, 0.15) is 0 Å². The average molecular weight is 233 g/mol. The average Bonchev–Trinajstić information content (AvgIpc) is 2.61. The van der Waals surface area contributed by atoms with E-state index in [2.05, 4.69) is 0 Å². The Labute approximate surface area is 99.5 Å². The lowest BCUT2D eigenvalue weighted by Gasteiger charge is -2.32. The van der Waals surface area contributed by atoms with Crippen molar-refractivity contribution < 1.29 is 15.0 Å². The summed E-state index contributed by atoms with van der Waals surface area (Å²) in [4.78, 5) is 13.8. The van der Waals surface area contributed by atoms with Crippen LogP contribution in [0, 0.1) is 0 Å². The molecule has 3 rings (SSSR count). The van der Waals surface area contributed by atoms with Crippen LogP contribution < -0.4 is 0 Å². The SMILES string of the molecule is O=C(C1Cc2ccccc21)N1C[C@@H](O)[C@@H](O)C1. The van der Waals surface area contributed by atoms with Crippen LogP contribution in [0.25, 0.3) is 0 Å². The Morgan fingerprint density at radius 1 is 1.18 bits per heavy atom. The number of carbonyl (C=O) groups is 1. The van der Waals surface area contributed by atoms with Crippen LogP contribution in [0.3, 0.4) is 0 Å². The number of β-amino-alcohol motifs (C(OH)–C–C–N with tert-alkyl or cyclic N) is 2. The van der Waals surface area contributed by atoms with E-state index in [1.807, 2.05) is 24.3 Å². The second-order valence-corrected chi connectivity index (χ2v) is 4.83. The minimum absolute atomic E-state index is 0.0271. The number of fused-ring (bicyclic) bond motifs is 1. The summed E-state index contributed by atoms with van der Waals surface area (Å²) in [6.45, 7) is 0.497. The summed E-state index contributed by atoms with van der Waals surface area (Å²) in [5, 5.41) is 18.9. The zero-order valence-electron chi connectivity index (χ0n) is 9.41. The van der Waals surface area contributed by atoms with Gasteiger partial charge in [0.15, 0.2) is 0 Å². The molecule has 2 aliphatic rings. The Hall–Kier alpha value is -1.39. The lowest BCUT2D eigenvalue weighted by atomic mass is 9.77. The van der Waals surface area contributed by atoms with Gasteiger partial charge in [0.05, 0.1) is 18.1 Å². The molecular formula is C13H15NO3. The molecule has 1 fully saturated rings. The molecular weight excluding hydrogens is 218 g/mol. The monoisotopic (exact) mass is 233 g/mol. The Balaban J connectivity index is 1.74. The predicted octanol–water partition coefficient (Wildman–Crippen LogP) is -0.110. The standard InChI is InChI=1S/C13H15NO3/c15-11-6-14(7-12(11)16)13(17)10-5-8-3-1-2-4-9(8)10/h1-4,10-12,15-16H,5-7H2/t10?,11-,12+. The van der Waals surface area contributed by atoms with Crippen LogP contribution >= 0.6 is 0 Å². The molecule has 0 radical (unpaired) electrons. The molecule has 2 N–H and O–H groups in total. The van der Waals surface area contributed by atoms with Crippen molar-refractivity contribution in [3.05, 3.63) is 35.4 Å². The maximum Gasteiger partial charge on any atom is 0.230 e. The van der Waals surface area contributed by atoms with Crippen LogP contribution in [0.1, 0.15) is 17.0 Å². The van der Waals surface area contributed by atoms with Gasteiger partial charge in [0.2, 0.25) is 5.91 Å². The number of carbonyl (C=O) groups excluding carboxylic acids is 1. The highest BCUT2D eigenvalue weighted by Crippen LogP contribution is 2.36. The Morgan fingerprint density at radius 3 is 2.47 bits per heavy atom. The van der Waals surface area contributed by atoms with E-state index in [0.717, 1.165) is 12.0 Å². The molecule has 1 aromatic carbocycles. The first-order chi connectivity index (χ1) is 8.16. The van der Waals surface area contributed by atoms with Crippen LogP contribution in [-0.4, -0.2) is 46.3 Å². The maximum atomic E-state index is 12.2. The van der Waals surface area contributed by atoms with Crippen LogP contribution in [0.15, 0.2) is 24.3 Å². The van der Waals surface area contributed by atoms with E-state index in [9.17, 15) is 15.0 Å². The summed E-state index contributed by atoms with van der Waals surface area (Å²) in [5.74, 6) is -0.0528. The summed E-state index contributed by atoms with van der Waals surface area (Å²) in [7, 11) is 0. The summed E-state index contributed by atoms with van der Waals surface area (Å²) in [6.07, 6.45) is -0.818. The van der Waals surface area contributed by atoms with E-state index >= 15 is 0 Å². The third-order valence-corrected chi connectivity index (χ3v) is 3.72. The van der Waals surface area contributed by atoms with Crippen molar-refractivity contribution in [3.8, 4) is 0 Å². The van der Waals surface area contributed by atoms with E-state index in [1.54, 1.807) is 4.90 Å². The second-order valence-electron chi connectivity index (χ2n) is 4.83. The van der Waals surface area contributed by atoms with Gasteiger partial charge >= 0.3 is 0 Å². The van der Waals surface area contributed by atoms with Crippen molar-refractivity contribution in [1.29, 1.82) is 0 Å². The van der Waals surface area contributed by atoms with E-state index in [1.165, 1.54) is 5.56 Å². The number of nitrogens with zero attached hydrogens (tertiary/aromatic N) is 1. The topological polar surface area (TPSA) is 60.8 Å². The van der Waals surface area contributed by atoms with E-state index in [0.29, 0.717) is 0 Å². The number of aliphatic hydroxyl groups is 2. The number of amides is 1. The molecule has 1 saturated heterocycles. The van der Waals surface area contributed by atoms with Gasteiger partial charge in [0.25, 0.3) is 0 Å². The number of aliphatic hydroxyl groups excluding tert-OH is 2. The van der Waals surface area contributed by atoms with Crippen molar-refractivity contribution in [2.75, 3.05) is 13.1 Å². The number of hydrogen-bond donors (Lipinski definition) is 2. The summed E-state index contributed by atoms with van der Waals surface area (Å²) in [6, 6.07) is 7.92. The molecule has 0 bridgehead atoms. The molecule has 1 unspecified atom stereocenters. The van der Waals surface area contributed by atoms with Gasteiger partial charge in [-0.3, -0.25) is 4.79 Å². The Kier molecular flexibility index (Phi) is 2.42. The van der Waals surface area contributed by atoms with Gasteiger partial charge in [0, 0.05) is 13.1 Å². The highest BCUT2D eigenvalue weighted by atomic mass is 16.3. The lowest BCUT2D eigenvalue weighted by Crippen LogP contribution is -2.38. The van der Waals surface area contributed by atoms with Crippen molar-refractivity contribution in [2.24, 2.45) is 0 Å². The summed E-state index contributed by atoms with van der Waals surface area (Å²) >= 11 is 0. The molecule has 3 atom stereocenters. The quantitative estimate of drug-likeness (QED) is 0.711. The second kappa shape index (κ2) is 3.82. The Morgan fingerprint density at radius 2 is 1.82 bits per heavy atom. The van der Waals surface area contributed by atoms with Crippen molar-refractivity contribution in [2.45, 2.75) is 24.5 Å². The van der Waals surface area contributed by atoms with Gasteiger partial charge in [-0.05, 0) is 17.5 Å².